The van der Waals surface area contributed by atoms with Crippen molar-refractivity contribution in [2.45, 2.75) is 52.3 Å². The van der Waals surface area contributed by atoms with Crippen molar-refractivity contribution in [1.82, 2.24) is 15.2 Å². The Hall–Kier alpha value is -1.14. The number of aromatic nitrogens is 1. The molecule has 1 aliphatic rings. The minimum atomic E-state index is -0.166. The number of thiazole rings is 1. The predicted molar refractivity (Wildman–Crippen MR) is 84.4 cm³/mol. The van der Waals surface area contributed by atoms with Crippen LogP contribution < -0.4 is 5.32 Å². The molecular weight excluding hydrogens is 286 g/mol. The van der Waals surface area contributed by atoms with Gasteiger partial charge in [0.1, 0.15) is 0 Å². The Labute approximate surface area is 130 Å². The lowest BCUT2D eigenvalue weighted by Crippen LogP contribution is -2.69. The first-order valence-corrected chi connectivity index (χ1v) is 8.00. The number of hydrogen-bond acceptors (Lipinski definition) is 4. The normalized spacial score (nSPS) is 27.0. The smallest absolute Gasteiger partial charge is 0.317 e. The number of nitrogens with zero attached hydrogens (tertiary/aromatic N) is 2. The number of ether oxygens (including phenoxy) is 1. The van der Waals surface area contributed by atoms with Gasteiger partial charge in [-0.3, -0.25) is 0 Å². The van der Waals surface area contributed by atoms with Gasteiger partial charge in [0.05, 0.1) is 17.2 Å². The lowest BCUT2D eigenvalue weighted by Gasteiger charge is -2.61. The van der Waals surface area contributed by atoms with E-state index in [0.717, 1.165) is 16.3 Å². The van der Waals surface area contributed by atoms with Crippen LogP contribution in [-0.2, 0) is 11.3 Å². The highest BCUT2D eigenvalue weighted by molar-refractivity contribution is 7.11. The molecule has 0 bridgehead atoms. The maximum Gasteiger partial charge on any atom is 0.317 e. The zero-order valence-corrected chi connectivity index (χ0v) is 14.5. The Kier molecular flexibility index (Phi) is 4.31. The zero-order chi connectivity index (χ0) is 15.8. The molecule has 2 amide bonds. The number of carbonyl (C=O) groups excluding carboxylic acids is 1. The molecule has 2 rings (SSSR count). The standard InChI is InChI=1S/C15H25N3O2S/c1-10-16-8-11(21-10)9-17-13(19)18(5)12-7-15(4,20-6)14(12,2)3/h8,12H,7,9H2,1-6H3,(H,17,19)/t12-,15+/m0/s1. The van der Waals surface area contributed by atoms with Crippen molar-refractivity contribution in [3.8, 4) is 0 Å². The molecule has 0 spiro atoms. The van der Waals surface area contributed by atoms with Crippen LogP contribution in [0.3, 0.4) is 0 Å². The fourth-order valence-corrected chi connectivity index (χ4v) is 3.73. The van der Waals surface area contributed by atoms with E-state index in [1.807, 2.05) is 20.2 Å². The summed E-state index contributed by atoms with van der Waals surface area (Å²) in [5.74, 6) is 0. The zero-order valence-electron chi connectivity index (χ0n) is 13.7. The Morgan fingerprint density at radius 1 is 1.57 bits per heavy atom. The van der Waals surface area contributed by atoms with Gasteiger partial charge in [0, 0.05) is 36.7 Å². The van der Waals surface area contributed by atoms with Gasteiger partial charge in [-0.15, -0.1) is 11.3 Å². The summed E-state index contributed by atoms with van der Waals surface area (Å²) in [5, 5.41) is 3.98. The van der Waals surface area contributed by atoms with Crippen molar-refractivity contribution in [1.29, 1.82) is 0 Å². The van der Waals surface area contributed by atoms with Crippen LogP contribution in [0.4, 0.5) is 4.79 Å². The van der Waals surface area contributed by atoms with E-state index in [9.17, 15) is 4.79 Å². The van der Waals surface area contributed by atoms with Crippen LogP contribution >= 0.6 is 11.3 Å². The molecule has 0 saturated heterocycles. The molecule has 5 nitrogen and oxygen atoms in total. The summed E-state index contributed by atoms with van der Waals surface area (Å²) in [5.41, 5.74) is -0.226. The van der Waals surface area contributed by atoms with Crippen LogP contribution in [0.25, 0.3) is 0 Å². The highest BCUT2D eigenvalue weighted by atomic mass is 32.1. The SMILES string of the molecule is CO[C@]1(C)C[C@H](N(C)C(=O)NCc2cnc(C)s2)C1(C)C. The predicted octanol–water partition coefficient (Wildman–Crippen LogP) is 2.80. The van der Waals surface area contributed by atoms with E-state index in [4.69, 9.17) is 4.74 Å². The van der Waals surface area contributed by atoms with Crippen LogP contribution in [0.1, 0.15) is 37.1 Å². The lowest BCUT2D eigenvalue weighted by molar-refractivity contribution is -0.198. The Morgan fingerprint density at radius 2 is 2.24 bits per heavy atom. The molecule has 0 aliphatic heterocycles. The largest absolute Gasteiger partial charge is 0.378 e. The molecule has 1 fully saturated rings. The summed E-state index contributed by atoms with van der Waals surface area (Å²) in [6, 6.07) is 0.142. The van der Waals surface area contributed by atoms with Crippen LogP contribution in [-0.4, -0.2) is 41.7 Å². The molecule has 0 radical (unpaired) electrons. The van der Waals surface area contributed by atoms with Gasteiger partial charge in [0.15, 0.2) is 0 Å². The van der Waals surface area contributed by atoms with Crippen molar-refractivity contribution in [3.63, 3.8) is 0 Å². The third kappa shape index (κ3) is 2.79. The molecule has 1 aliphatic carbocycles. The summed E-state index contributed by atoms with van der Waals surface area (Å²) >= 11 is 1.61. The second-order valence-corrected chi connectivity index (χ2v) is 7.81. The van der Waals surface area contributed by atoms with Gasteiger partial charge in [0.2, 0.25) is 0 Å². The molecule has 0 aromatic carbocycles. The highest BCUT2D eigenvalue weighted by Crippen LogP contribution is 2.53. The van der Waals surface area contributed by atoms with Crippen LogP contribution in [0.2, 0.25) is 0 Å². The quantitative estimate of drug-likeness (QED) is 0.930. The monoisotopic (exact) mass is 311 g/mol. The number of rotatable bonds is 4. The van der Waals surface area contributed by atoms with Crippen molar-refractivity contribution in [2.24, 2.45) is 5.41 Å². The molecule has 118 valence electrons. The van der Waals surface area contributed by atoms with Gasteiger partial charge in [-0.1, -0.05) is 13.8 Å². The molecule has 2 atom stereocenters. The molecule has 1 saturated carbocycles. The number of hydrogen-bond donors (Lipinski definition) is 1. The first-order chi connectivity index (χ1) is 9.71. The molecule has 21 heavy (non-hydrogen) atoms. The van der Waals surface area contributed by atoms with Gasteiger partial charge in [-0.05, 0) is 20.3 Å². The van der Waals surface area contributed by atoms with Crippen LogP contribution in [0.5, 0.6) is 0 Å². The summed E-state index contributed by atoms with van der Waals surface area (Å²) in [7, 11) is 3.60. The van der Waals surface area contributed by atoms with Gasteiger partial charge in [-0.25, -0.2) is 9.78 Å². The first kappa shape index (κ1) is 16.2. The average molecular weight is 311 g/mol. The summed E-state index contributed by atoms with van der Waals surface area (Å²) in [4.78, 5) is 19.4. The van der Waals surface area contributed by atoms with Crippen molar-refractivity contribution >= 4 is 17.4 Å². The summed E-state index contributed by atoms with van der Waals surface area (Å²) in [6.07, 6.45) is 2.68. The van der Waals surface area contributed by atoms with Crippen molar-refractivity contribution < 1.29 is 9.53 Å². The first-order valence-electron chi connectivity index (χ1n) is 7.18. The molecule has 6 heteroatoms. The van der Waals surface area contributed by atoms with Gasteiger partial charge >= 0.3 is 6.03 Å². The maximum absolute atomic E-state index is 12.3. The van der Waals surface area contributed by atoms with E-state index < -0.39 is 0 Å². The number of aryl methyl sites for hydroxylation is 1. The molecule has 1 N–H and O–H groups in total. The van der Waals surface area contributed by atoms with Crippen LogP contribution in [0, 0.1) is 12.3 Å². The van der Waals surface area contributed by atoms with E-state index in [1.54, 1.807) is 23.3 Å². The number of urea groups is 1. The third-order valence-electron chi connectivity index (χ3n) is 5.10. The number of amides is 2. The molecular formula is C15H25N3O2S. The minimum Gasteiger partial charge on any atom is -0.378 e. The highest BCUT2D eigenvalue weighted by Gasteiger charge is 2.59. The van der Waals surface area contributed by atoms with Gasteiger partial charge in [0.25, 0.3) is 0 Å². The molecule has 1 aromatic heterocycles. The van der Waals surface area contributed by atoms with Gasteiger partial charge in [-0.2, -0.15) is 0 Å². The number of nitrogens with one attached hydrogen (secondary N) is 1. The minimum absolute atomic E-state index is 0.0442. The molecule has 1 aromatic rings. The van der Waals surface area contributed by atoms with E-state index in [-0.39, 0.29) is 23.1 Å². The fourth-order valence-electron chi connectivity index (χ4n) is 2.99. The van der Waals surface area contributed by atoms with Crippen LogP contribution in [0.15, 0.2) is 6.20 Å². The topological polar surface area (TPSA) is 54.5 Å². The summed E-state index contributed by atoms with van der Waals surface area (Å²) < 4.78 is 5.62. The molecule has 1 heterocycles. The Morgan fingerprint density at radius 3 is 2.71 bits per heavy atom. The second-order valence-electron chi connectivity index (χ2n) is 6.49. The van der Waals surface area contributed by atoms with E-state index in [0.29, 0.717) is 6.54 Å². The number of methoxy groups -OCH3 is 1. The molecule has 0 unspecified atom stereocenters. The Bertz CT molecular complexity index is 529. The lowest BCUT2D eigenvalue weighted by atomic mass is 9.55. The van der Waals surface area contributed by atoms with Gasteiger partial charge < -0.3 is 15.0 Å². The third-order valence-corrected chi connectivity index (χ3v) is 6.01. The fraction of sp³-hybridized carbons (Fsp3) is 0.733. The maximum atomic E-state index is 12.3. The number of carbonyl (C=O) groups is 1. The average Bonchev–Trinajstić information content (AvgIpc) is 2.86. The Balaban J connectivity index is 1.92. The van der Waals surface area contributed by atoms with E-state index in [1.165, 1.54) is 0 Å². The summed E-state index contributed by atoms with van der Waals surface area (Å²) in [6.45, 7) is 8.91. The van der Waals surface area contributed by atoms with E-state index in [2.05, 4.69) is 31.1 Å². The van der Waals surface area contributed by atoms with Crippen molar-refractivity contribution in [3.05, 3.63) is 16.1 Å². The second kappa shape index (κ2) is 5.57. The van der Waals surface area contributed by atoms with Crippen molar-refractivity contribution in [2.75, 3.05) is 14.2 Å². The van der Waals surface area contributed by atoms with E-state index >= 15 is 0 Å².